The highest BCUT2D eigenvalue weighted by atomic mass is 32.1. The minimum Gasteiger partial charge on any atom is -0.313 e. The minimum absolute atomic E-state index is 0.474. The minimum atomic E-state index is 0.474. The summed E-state index contributed by atoms with van der Waals surface area (Å²) in [5.41, 5.74) is 3.95. The van der Waals surface area contributed by atoms with Crippen LogP contribution < -0.4 is 5.32 Å². The molecule has 0 amide bonds. The van der Waals surface area contributed by atoms with Crippen molar-refractivity contribution < 1.29 is 0 Å². The Hall–Kier alpha value is -1.19. The van der Waals surface area contributed by atoms with E-state index in [-0.39, 0.29) is 0 Å². The number of aryl methyl sites for hydroxylation is 2. The summed E-state index contributed by atoms with van der Waals surface area (Å²) in [6, 6.07) is 9.15. The quantitative estimate of drug-likeness (QED) is 0.835. The Morgan fingerprint density at radius 2 is 2.00 bits per heavy atom. The summed E-state index contributed by atoms with van der Waals surface area (Å²) < 4.78 is 0. The van der Waals surface area contributed by atoms with Crippen LogP contribution in [-0.2, 0) is 12.8 Å². The van der Waals surface area contributed by atoms with Gasteiger partial charge in [-0.1, -0.05) is 31.2 Å². The number of nitrogens with one attached hydrogen (secondary N) is 1. The van der Waals surface area contributed by atoms with Gasteiger partial charge in [-0.3, -0.25) is 0 Å². The smallest absolute Gasteiger partial charge is 0.0943 e. The zero-order valence-corrected chi connectivity index (χ0v) is 13.5. The van der Waals surface area contributed by atoms with Gasteiger partial charge in [0.15, 0.2) is 0 Å². The molecule has 2 aromatic rings. The van der Waals surface area contributed by atoms with E-state index in [1.54, 1.807) is 11.3 Å². The van der Waals surface area contributed by atoms with Gasteiger partial charge in [-0.25, -0.2) is 4.98 Å². The molecule has 1 heterocycles. The van der Waals surface area contributed by atoms with Crippen LogP contribution in [0.4, 0.5) is 0 Å². The lowest BCUT2D eigenvalue weighted by atomic mass is 9.99. The number of aromatic nitrogens is 1. The molecule has 3 heteroatoms. The molecule has 0 aliphatic heterocycles. The lowest BCUT2D eigenvalue weighted by Crippen LogP contribution is -2.34. The number of thiazole rings is 1. The zero-order chi connectivity index (χ0) is 14.4. The molecule has 1 N–H and O–H groups in total. The number of hydrogen-bond donors (Lipinski definition) is 1. The van der Waals surface area contributed by atoms with E-state index >= 15 is 0 Å². The van der Waals surface area contributed by atoms with Crippen molar-refractivity contribution >= 4 is 11.3 Å². The van der Waals surface area contributed by atoms with Crippen LogP contribution in [0.15, 0.2) is 29.6 Å². The first-order valence-corrected chi connectivity index (χ1v) is 8.26. The summed E-state index contributed by atoms with van der Waals surface area (Å²) in [5, 5.41) is 7.05. The molecule has 0 saturated carbocycles. The molecular weight excluding hydrogens is 264 g/mol. The predicted molar refractivity (Wildman–Crippen MR) is 87.5 cm³/mol. The van der Waals surface area contributed by atoms with E-state index in [0.29, 0.717) is 6.04 Å². The number of rotatable bonds is 7. The van der Waals surface area contributed by atoms with Crippen molar-refractivity contribution in [2.45, 2.75) is 46.1 Å². The van der Waals surface area contributed by atoms with E-state index in [1.807, 2.05) is 0 Å². The summed E-state index contributed by atoms with van der Waals surface area (Å²) in [5.74, 6) is 0. The zero-order valence-electron chi connectivity index (χ0n) is 12.6. The third kappa shape index (κ3) is 4.43. The van der Waals surface area contributed by atoms with Gasteiger partial charge in [-0.2, -0.15) is 0 Å². The van der Waals surface area contributed by atoms with Gasteiger partial charge in [-0.05, 0) is 44.4 Å². The highest BCUT2D eigenvalue weighted by Crippen LogP contribution is 2.15. The van der Waals surface area contributed by atoms with Gasteiger partial charge in [0.1, 0.15) is 0 Å². The van der Waals surface area contributed by atoms with Crippen LogP contribution in [0.1, 0.15) is 35.2 Å². The van der Waals surface area contributed by atoms with Crippen LogP contribution >= 0.6 is 11.3 Å². The first-order chi connectivity index (χ1) is 9.69. The largest absolute Gasteiger partial charge is 0.313 e. The van der Waals surface area contributed by atoms with E-state index in [2.05, 4.69) is 60.7 Å². The molecule has 108 valence electrons. The van der Waals surface area contributed by atoms with E-state index < -0.39 is 0 Å². The van der Waals surface area contributed by atoms with E-state index in [9.17, 15) is 0 Å². The second-order valence-electron chi connectivity index (χ2n) is 5.37. The van der Waals surface area contributed by atoms with Crippen LogP contribution in [-0.4, -0.2) is 17.6 Å². The second kappa shape index (κ2) is 7.55. The highest BCUT2D eigenvalue weighted by molar-refractivity contribution is 7.09. The Morgan fingerprint density at radius 1 is 1.20 bits per heavy atom. The van der Waals surface area contributed by atoms with Gasteiger partial charge in [0.05, 0.1) is 5.01 Å². The lowest BCUT2D eigenvalue weighted by Gasteiger charge is -2.18. The topological polar surface area (TPSA) is 24.9 Å². The summed E-state index contributed by atoms with van der Waals surface area (Å²) in [6.45, 7) is 7.54. The second-order valence-corrected chi connectivity index (χ2v) is 6.31. The van der Waals surface area contributed by atoms with Crippen molar-refractivity contribution in [1.82, 2.24) is 10.3 Å². The number of nitrogens with zero attached hydrogens (tertiary/aromatic N) is 1. The van der Waals surface area contributed by atoms with Crippen molar-refractivity contribution in [3.63, 3.8) is 0 Å². The first-order valence-electron chi connectivity index (χ1n) is 7.38. The van der Waals surface area contributed by atoms with Gasteiger partial charge >= 0.3 is 0 Å². The Morgan fingerprint density at radius 3 is 2.65 bits per heavy atom. The lowest BCUT2D eigenvalue weighted by molar-refractivity contribution is 0.503. The molecule has 0 fully saturated rings. The molecule has 0 saturated heterocycles. The van der Waals surface area contributed by atoms with Gasteiger partial charge in [0, 0.05) is 23.5 Å². The standard InChI is InChI=1S/C17H24N2S/c1-4-9-18-16(11-17-19-14(3)12-20-17)10-15-8-6-5-7-13(15)2/h5-8,12,16,18H,4,9-11H2,1-3H3. The van der Waals surface area contributed by atoms with Crippen LogP contribution in [0.5, 0.6) is 0 Å². The molecule has 1 aromatic heterocycles. The molecule has 1 atom stereocenters. The van der Waals surface area contributed by atoms with Crippen molar-refractivity contribution in [2.24, 2.45) is 0 Å². The fraction of sp³-hybridized carbons (Fsp3) is 0.471. The predicted octanol–water partition coefficient (Wildman–Crippen LogP) is 3.91. The molecule has 0 spiro atoms. The van der Waals surface area contributed by atoms with E-state index in [0.717, 1.165) is 25.1 Å². The van der Waals surface area contributed by atoms with E-state index in [4.69, 9.17) is 0 Å². The molecule has 2 nitrogen and oxygen atoms in total. The molecule has 1 aromatic carbocycles. The van der Waals surface area contributed by atoms with Crippen LogP contribution in [0.25, 0.3) is 0 Å². The van der Waals surface area contributed by atoms with E-state index in [1.165, 1.54) is 22.6 Å². The number of benzene rings is 1. The molecule has 0 aliphatic carbocycles. The third-order valence-electron chi connectivity index (χ3n) is 3.50. The highest BCUT2D eigenvalue weighted by Gasteiger charge is 2.13. The maximum Gasteiger partial charge on any atom is 0.0943 e. The molecule has 2 rings (SSSR count). The maximum absolute atomic E-state index is 4.60. The van der Waals surface area contributed by atoms with Gasteiger partial charge in [0.25, 0.3) is 0 Å². The summed E-state index contributed by atoms with van der Waals surface area (Å²) in [6.07, 6.45) is 3.26. The average Bonchev–Trinajstić information content (AvgIpc) is 2.84. The van der Waals surface area contributed by atoms with Gasteiger partial charge < -0.3 is 5.32 Å². The fourth-order valence-corrected chi connectivity index (χ4v) is 3.23. The third-order valence-corrected chi connectivity index (χ3v) is 4.49. The maximum atomic E-state index is 4.60. The van der Waals surface area contributed by atoms with Crippen molar-refractivity contribution in [2.75, 3.05) is 6.54 Å². The summed E-state index contributed by atoms with van der Waals surface area (Å²) in [4.78, 5) is 4.60. The molecular formula is C17H24N2S. The Kier molecular flexibility index (Phi) is 5.74. The van der Waals surface area contributed by atoms with Gasteiger partial charge in [-0.15, -0.1) is 11.3 Å². The Bertz CT molecular complexity index is 533. The molecule has 1 unspecified atom stereocenters. The monoisotopic (exact) mass is 288 g/mol. The molecule has 0 aliphatic rings. The van der Waals surface area contributed by atoms with Gasteiger partial charge in [0.2, 0.25) is 0 Å². The van der Waals surface area contributed by atoms with Crippen LogP contribution in [0.3, 0.4) is 0 Å². The van der Waals surface area contributed by atoms with Crippen molar-refractivity contribution in [3.05, 3.63) is 51.5 Å². The summed E-state index contributed by atoms with van der Waals surface area (Å²) >= 11 is 1.77. The number of hydrogen-bond acceptors (Lipinski definition) is 3. The summed E-state index contributed by atoms with van der Waals surface area (Å²) in [7, 11) is 0. The van der Waals surface area contributed by atoms with Crippen LogP contribution in [0.2, 0.25) is 0 Å². The molecule has 20 heavy (non-hydrogen) atoms. The van der Waals surface area contributed by atoms with Crippen molar-refractivity contribution in [3.8, 4) is 0 Å². The Labute approximate surface area is 126 Å². The fourth-order valence-electron chi connectivity index (χ4n) is 2.38. The Balaban J connectivity index is 2.05. The first kappa shape index (κ1) is 15.2. The molecule has 0 bridgehead atoms. The normalized spacial score (nSPS) is 12.6. The van der Waals surface area contributed by atoms with Crippen LogP contribution in [0, 0.1) is 13.8 Å². The molecule has 0 radical (unpaired) electrons. The van der Waals surface area contributed by atoms with Crippen molar-refractivity contribution in [1.29, 1.82) is 0 Å². The SMILES string of the molecule is CCCNC(Cc1nc(C)cs1)Cc1ccccc1C. The average molecular weight is 288 g/mol.